The largest absolute Gasteiger partial charge is 0.492 e. The van der Waals surface area contributed by atoms with Crippen LogP contribution in [0.25, 0.3) is 0 Å². The van der Waals surface area contributed by atoms with Crippen LogP contribution in [-0.2, 0) is 14.4 Å². The van der Waals surface area contributed by atoms with Crippen LogP contribution in [0, 0.1) is 5.82 Å². The molecule has 0 fully saturated rings. The zero-order valence-corrected chi connectivity index (χ0v) is 18.8. The lowest BCUT2D eigenvalue weighted by molar-refractivity contribution is -0.136. The molecule has 0 aliphatic rings. The predicted octanol–water partition coefficient (Wildman–Crippen LogP) is 3.33. The van der Waals surface area contributed by atoms with Crippen molar-refractivity contribution in [2.24, 2.45) is 5.10 Å². The maximum atomic E-state index is 13.0. The lowest BCUT2D eigenvalue weighted by Crippen LogP contribution is -2.32. The van der Waals surface area contributed by atoms with E-state index in [-0.39, 0.29) is 6.61 Å². The Morgan fingerprint density at radius 2 is 1.54 bits per heavy atom. The summed E-state index contributed by atoms with van der Waals surface area (Å²) in [7, 11) is 0. The molecule has 0 spiro atoms. The summed E-state index contributed by atoms with van der Waals surface area (Å²) in [5.74, 6) is -1.99. The first kappa shape index (κ1) is 24.9. The maximum Gasteiger partial charge on any atom is 0.329 e. The molecule has 180 valence electrons. The average Bonchev–Trinajstić information content (AvgIpc) is 2.86. The van der Waals surface area contributed by atoms with Gasteiger partial charge in [-0.25, -0.2) is 9.82 Å². The Hall–Kier alpha value is -4.73. The molecule has 3 N–H and O–H groups in total. The minimum absolute atomic E-state index is 0.309. The van der Waals surface area contributed by atoms with Crippen molar-refractivity contribution in [1.82, 2.24) is 5.43 Å². The molecule has 3 amide bonds. The normalized spacial score (nSPS) is 10.5. The lowest BCUT2D eigenvalue weighted by Gasteiger charge is -2.10. The third-order valence-corrected chi connectivity index (χ3v) is 4.42. The zero-order chi connectivity index (χ0) is 25.0. The molecular weight excluding hydrogens is 455 g/mol. The molecule has 10 heteroatoms. The van der Waals surface area contributed by atoms with Gasteiger partial charge in [0.2, 0.25) is 0 Å². The standard InChI is InChI=1S/C25H23FN4O5/c1-2-34-22-10-6-4-8-20(22)29-24(32)25(33)30-27-15-17-7-3-5-9-21(17)35-16-23(31)28-19-13-11-18(26)12-14-19/h3-15H,2,16H2,1H3,(H,28,31)(H,29,32)(H,30,33)/b27-15-. The second kappa shape index (κ2) is 12.5. The number of rotatable bonds is 9. The van der Waals surface area contributed by atoms with Gasteiger partial charge in [-0.05, 0) is 55.5 Å². The molecule has 0 aliphatic carbocycles. The number of carbonyl (C=O) groups excluding carboxylic acids is 3. The topological polar surface area (TPSA) is 118 Å². The van der Waals surface area contributed by atoms with Crippen LogP contribution >= 0.6 is 0 Å². The number of halogens is 1. The summed E-state index contributed by atoms with van der Waals surface area (Å²) in [5, 5.41) is 8.85. The predicted molar refractivity (Wildman–Crippen MR) is 129 cm³/mol. The molecule has 0 atom stereocenters. The van der Waals surface area contributed by atoms with E-state index >= 15 is 0 Å². The number of ether oxygens (including phenoxy) is 2. The molecule has 3 aromatic carbocycles. The summed E-state index contributed by atoms with van der Waals surface area (Å²) in [6.07, 6.45) is 1.28. The quantitative estimate of drug-likeness (QED) is 0.248. The molecule has 0 aliphatic heterocycles. The van der Waals surface area contributed by atoms with E-state index in [2.05, 4.69) is 21.2 Å². The van der Waals surface area contributed by atoms with Crippen LogP contribution in [-0.4, -0.2) is 37.1 Å². The van der Waals surface area contributed by atoms with Crippen molar-refractivity contribution < 1.29 is 28.2 Å². The smallest absolute Gasteiger partial charge is 0.329 e. The molecule has 0 saturated carbocycles. The minimum Gasteiger partial charge on any atom is -0.492 e. The van der Waals surface area contributed by atoms with Crippen LogP contribution in [0.15, 0.2) is 77.9 Å². The van der Waals surface area contributed by atoms with E-state index < -0.39 is 23.5 Å². The molecule has 0 bridgehead atoms. The number of hydrogen-bond acceptors (Lipinski definition) is 6. The summed E-state index contributed by atoms with van der Waals surface area (Å²) in [4.78, 5) is 36.4. The lowest BCUT2D eigenvalue weighted by atomic mass is 10.2. The van der Waals surface area contributed by atoms with Crippen LogP contribution in [0.1, 0.15) is 12.5 Å². The highest BCUT2D eigenvalue weighted by molar-refractivity contribution is 6.39. The van der Waals surface area contributed by atoms with E-state index in [4.69, 9.17) is 9.47 Å². The van der Waals surface area contributed by atoms with Gasteiger partial charge in [-0.2, -0.15) is 5.10 Å². The maximum absolute atomic E-state index is 13.0. The number of hydrazone groups is 1. The van der Waals surface area contributed by atoms with E-state index in [1.54, 1.807) is 55.5 Å². The SMILES string of the molecule is CCOc1ccccc1NC(=O)C(=O)N/N=C\c1ccccc1OCC(=O)Nc1ccc(F)cc1. The molecule has 35 heavy (non-hydrogen) atoms. The zero-order valence-electron chi connectivity index (χ0n) is 18.8. The van der Waals surface area contributed by atoms with Gasteiger partial charge < -0.3 is 20.1 Å². The van der Waals surface area contributed by atoms with Gasteiger partial charge in [0.15, 0.2) is 6.61 Å². The molecule has 0 heterocycles. The third-order valence-electron chi connectivity index (χ3n) is 4.42. The number of anilines is 2. The van der Waals surface area contributed by atoms with Gasteiger partial charge in [-0.15, -0.1) is 0 Å². The van der Waals surface area contributed by atoms with Gasteiger partial charge in [0.25, 0.3) is 5.91 Å². The van der Waals surface area contributed by atoms with Crippen LogP contribution in [0.3, 0.4) is 0 Å². The molecular formula is C25H23FN4O5. The highest BCUT2D eigenvalue weighted by atomic mass is 19.1. The highest BCUT2D eigenvalue weighted by Crippen LogP contribution is 2.23. The summed E-state index contributed by atoms with van der Waals surface area (Å²) in [6.45, 7) is 1.90. The summed E-state index contributed by atoms with van der Waals surface area (Å²) in [6, 6.07) is 18.7. The Morgan fingerprint density at radius 1 is 0.857 bits per heavy atom. The molecule has 9 nitrogen and oxygen atoms in total. The number of nitrogens with one attached hydrogen (secondary N) is 3. The van der Waals surface area contributed by atoms with Gasteiger partial charge in [0.1, 0.15) is 17.3 Å². The fraction of sp³-hybridized carbons (Fsp3) is 0.120. The van der Waals surface area contributed by atoms with Crippen LogP contribution in [0.4, 0.5) is 15.8 Å². The Balaban J connectivity index is 1.54. The summed E-state index contributed by atoms with van der Waals surface area (Å²) in [5.41, 5.74) is 3.39. The average molecular weight is 478 g/mol. The number of carbonyl (C=O) groups is 3. The van der Waals surface area contributed by atoms with Crippen LogP contribution in [0.5, 0.6) is 11.5 Å². The first-order valence-electron chi connectivity index (χ1n) is 10.6. The number of amides is 3. The Labute approximate surface area is 200 Å². The van der Waals surface area contributed by atoms with Crippen molar-refractivity contribution in [2.45, 2.75) is 6.92 Å². The van der Waals surface area contributed by atoms with Gasteiger partial charge in [-0.1, -0.05) is 24.3 Å². The van der Waals surface area contributed by atoms with Crippen LogP contribution < -0.4 is 25.5 Å². The minimum atomic E-state index is -0.982. The highest BCUT2D eigenvalue weighted by Gasteiger charge is 2.15. The van der Waals surface area contributed by atoms with Crippen molar-refractivity contribution in [2.75, 3.05) is 23.8 Å². The van der Waals surface area contributed by atoms with Crippen LogP contribution in [0.2, 0.25) is 0 Å². The Bertz CT molecular complexity index is 1210. The van der Waals surface area contributed by atoms with Gasteiger partial charge in [0, 0.05) is 11.3 Å². The number of benzene rings is 3. The van der Waals surface area contributed by atoms with Gasteiger partial charge in [-0.3, -0.25) is 14.4 Å². The Morgan fingerprint density at radius 3 is 2.29 bits per heavy atom. The fourth-order valence-corrected chi connectivity index (χ4v) is 2.83. The molecule has 0 saturated heterocycles. The first-order chi connectivity index (χ1) is 17.0. The van der Waals surface area contributed by atoms with E-state index in [1.807, 2.05) is 0 Å². The summed E-state index contributed by atoms with van der Waals surface area (Å²) >= 11 is 0. The first-order valence-corrected chi connectivity index (χ1v) is 10.6. The third kappa shape index (κ3) is 7.67. The van der Waals surface area contributed by atoms with E-state index in [0.717, 1.165) is 0 Å². The molecule has 3 rings (SSSR count). The van der Waals surface area contributed by atoms with Crippen molar-refractivity contribution >= 4 is 35.3 Å². The van der Waals surface area contributed by atoms with Crippen molar-refractivity contribution in [3.05, 3.63) is 84.2 Å². The molecule has 0 unspecified atom stereocenters. The molecule has 3 aromatic rings. The second-order valence-electron chi connectivity index (χ2n) is 6.96. The van der Waals surface area contributed by atoms with Gasteiger partial charge in [0.05, 0.1) is 18.5 Å². The van der Waals surface area contributed by atoms with Crippen molar-refractivity contribution in [3.8, 4) is 11.5 Å². The molecule has 0 aromatic heterocycles. The summed E-state index contributed by atoms with van der Waals surface area (Å²) < 4.78 is 23.9. The fourth-order valence-electron chi connectivity index (χ4n) is 2.83. The Kier molecular flexibility index (Phi) is 8.89. The molecule has 0 radical (unpaired) electrons. The van der Waals surface area contributed by atoms with Crippen molar-refractivity contribution in [3.63, 3.8) is 0 Å². The van der Waals surface area contributed by atoms with E-state index in [1.165, 1.54) is 30.5 Å². The number of para-hydroxylation sites is 3. The number of nitrogens with zero attached hydrogens (tertiary/aromatic N) is 1. The van der Waals surface area contributed by atoms with E-state index in [9.17, 15) is 18.8 Å². The van der Waals surface area contributed by atoms with E-state index in [0.29, 0.717) is 35.0 Å². The monoisotopic (exact) mass is 478 g/mol. The second-order valence-corrected chi connectivity index (χ2v) is 6.96. The number of hydrogen-bond donors (Lipinski definition) is 3. The van der Waals surface area contributed by atoms with Gasteiger partial charge >= 0.3 is 11.8 Å². The van der Waals surface area contributed by atoms with Crippen molar-refractivity contribution in [1.29, 1.82) is 0 Å².